The summed E-state index contributed by atoms with van der Waals surface area (Å²) < 4.78 is 37.6. The monoisotopic (exact) mass is 201 g/mol. The summed E-state index contributed by atoms with van der Waals surface area (Å²) in [5.74, 6) is 0. The molecule has 1 nitrogen and oxygen atoms in total. The Kier molecular flexibility index (Phi) is 2.23. The fourth-order valence-corrected chi connectivity index (χ4v) is 1.61. The summed E-state index contributed by atoms with van der Waals surface area (Å²) in [4.78, 5) is 0. The fourth-order valence-electron chi connectivity index (χ4n) is 1.61. The van der Waals surface area contributed by atoms with Gasteiger partial charge in [-0.25, -0.2) is 0 Å². The fraction of sp³-hybridized carbons (Fsp3) is 0.400. The third-order valence-electron chi connectivity index (χ3n) is 2.47. The van der Waals surface area contributed by atoms with Crippen LogP contribution in [-0.4, -0.2) is 6.54 Å². The van der Waals surface area contributed by atoms with E-state index < -0.39 is 11.7 Å². The Labute approximate surface area is 79.9 Å². The van der Waals surface area contributed by atoms with Gasteiger partial charge in [-0.2, -0.15) is 13.2 Å². The summed E-state index contributed by atoms with van der Waals surface area (Å²) in [6.07, 6.45) is -3.46. The van der Waals surface area contributed by atoms with Crippen LogP contribution in [0.4, 0.5) is 13.2 Å². The molecule has 2 rings (SSSR count). The minimum absolute atomic E-state index is 0.118. The van der Waals surface area contributed by atoms with E-state index in [1.165, 1.54) is 6.07 Å². The van der Waals surface area contributed by atoms with Crippen LogP contribution in [-0.2, 0) is 6.18 Å². The third-order valence-corrected chi connectivity index (χ3v) is 2.47. The molecule has 0 aromatic heterocycles. The number of rotatable bonds is 1. The summed E-state index contributed by atoms with van der Waals surface area (Å²) in [5.41, 5.74) is -0.150. The SMILES string of the molecule is FC(F)(F)c1ccccc1[C@H]1CCN1. The normalized spacial score (nSPS) is 21.8. The standard InChI is InChI=1S/C10H10F3N/c11-10(12,13)8-4-2-1-3-7(8)9-5-6-14-9/h1-4,9,14H,5-6H2/t9-/m1/s1. The average molecular weight is 201 g/mol. The van der Waals surface area contributed by atoms with E-state index in [9.17, 15) is 13.2 Å². The van der Waals surface area contributed by atoms with Gasteiger partial charge in [-0.15, -0.1) is 0 Å². The molecule has 0 saturated carbocycles. The first-order valence-corrected chi connectivity index (χ1v) is 4.48. The highest BCUT2D eigenvalue weighted by Crippen LogP contribution is 2.36. The van der Waals surface area contributed by atoms with Crippen LogP contribution in [0.5, 0.6) is 0 Å². The lowest BCUT2D eigenvalue weighted by Gasteiger charge is -2.30. The van der Waals surface area contributed by atoms with Crippen molar-refractivity contribution in [3.05, 3.63) is 35.4 Å². The predicted molar refractivity (Wildman–Crippen MR) is 46.8 cm³/mol. The largest absolute Gasteiger partial charge is 0.416 e. The highest BCUT2D eigenvalue weighted by Gasteiger charge is 2.35. The van der Waals surface area contributed by atoms with Crippen LogP contribution in [0.1, 0.15) is 23.6 Å². The van der Waals surface area contributed by atoms with Gasteiger partial charge in [0.15, 0.2) is 0 Å². The number of halogens is 3. The van der Waals surface area contributed by atoms with Gasteiger partial charge in [-0.1, -0.05) is 18.2 Å². The van der Waals surface area contributed by atoms with Crippen LogP contribution < -0.4 is 5.32 Å². The molecule has 1 N–H and O–H groups in total. The average Bonchev–Trinajstić information content (AvgIpc) is 2.00. The zero-order chi connectivity index (χ0) is 10.2. The van der Waals surface area contributed by atoms with E-state index in [1.807, 2.05) is 0 Å². The van der Waals surface area contributed by atoms with Gasteiger partial charge in [0.2, 0.25) is 0 Å². The highest BCUT2D eigenvalue weighted by molar-refractivity contribution is 5.33. The van der Waals surface area contributed by atoms with Crippen molar-refractivity contribution in [2.24, 2.45) is 0 Å². The first kappa shape index (κ1) is 9.52. The minimum atomic E-state index is -4.24. The summed E-state index contributed by atoms with van der Waals surface area (Å²) in [6.45, 7) is 0.802. The van der Waals surface area contributed by atoms with Crippen molar-refractivity contribution in [1.82, 2.24) is 5.32 Å². The Morgan fingerprint density at radius 3 is 2.36 bits per heavy atom. The zero-order valence-electron chi connectivity index (χ0n) is 7.43. The lowest BCUT2D eigenvalue weighted by atomic mass is 9.93. The molecule has 1 aromatic carbocycles. The van der Waals surface area contributed by atoms with Gasteiger partial charge in [0.1, 0.15) is 0 Å². The summed E-state index contributed by atoms with van der Waals surface area (Å²) in [7, 11) is 0. The van der Waals surface area contributed by atoms with E-state index in [1.54, 1.807) is 12.1 Å². The highest BCUT2D eigenvalue weighted by atomic mass is 19.4. The Hall–Kier alpha value is -1.03. The van der Waals surface area contributed by atoms with E-state index in [2.05, 4.69) is 5.32 Å². The van der Waals surface area contributed by atoms with Gasteiger partial charge in [0.05, 0.1) is 5.56 Å². The number of alkyl halides is 3. The van der Waals surface area contributed by atoms with Crippen LogP contribution >= 0.6 is 0 Å². The van der Waals surface area contributed by atoms with Crippen molar-refractivity contribution in [3.8, 4) is 0 Å². The van der Waals surface area contributed by atoms with E-state index >= 15 is 0 Å². The second-order valence-electron chi connectivity index (χ2n) is 3.38. The molecule has 1 saturated heterocycles. The molecule has 1 atom stereocenters. The van der Waals surface area contributed by atoms with Gasteiger partial charge in [0, 0.05) is 6.04 Å². The molecule has 76 valence electrons. The van der Waals surface area contributed by atoms with Crippen LogP contribution in [0.3, 0.4) is 0 Å². The van der Waals surface area contributed by atoms with Crippen molar-refractivity contribution < 1.29 is 13.2 Å². The second-order valence-corrected chi connectivity index (χ2v) is 3.38. The van der Waals surface area contributed by atoms with Gasteiger partial charge in [0.25, 0.3) is 0 Å². The molecule has 0 aliphatic carbocycles. The number of benzene rings is 1. The Bertz CT molecular complexity index is 328. The maximum atomic E-state index is 12.5. The van der Waals surface area contributed by atoms with Crippen LogP contribution in [0.15, 0.2) is 24.3 Å². The van der Waals surface area contributed by atoms with E-state index in [0.717, 1.165) is 19.0 Å². The first-order chi connectivity index (χ1) is 6.59. The third kappa shape index (κ3) is 1.62. The van der Waals surface area contributed by atoms with Crippen LogP contribution in [0.2, 0.25) is 0 Å². The first-order valence-electron chi connectivity index (χ1n) is 4.48. The summed E-state index contributed by atoms with van der Waals surface area (Å²) in [6, 6.07) is 5.62. The molecule has 1 aliphatic rings. The second kappa shape index (κ2) is 3.28. The van der Waals surface area contributed by atoms with Crippen molar-refractivity contribution in [2.75, 3.05) is 6.54 Å². The number of hydrogen-bond acceptors (Lipinski definition) is 1. The van der Waals surface area contributed by atoms with Gasteiger partial charge >= 0.3 is 6.18 Å². The number of hydrogen-bond donors (Lipinski definition) is 1. The lowest BCUT2D eigenvalue weighted by molar-refractivity contribution is -0.138. The van der Waals surface area contributed by atoms with E-state index in [-0.39, 0.29) is 6.04 Å². The maximum Gasteiger partial charge on any atom is 0.416 e. The van der Waals surface area contributed by atoms with Crippen LogP contribution in [0.25, 0.3) is 0 Å². The van der Waals surface area contributed by atoms with Gasteiger partial charge < -0.3 is 5.32 Å². The molecular weight excluding hydrogens is 191 g/mol. The van der Waals surface area contributed by atoms with Crippen molar-refractivity contribution in [1.29, 1.82) is 0 Å². The molecule has 1 aromatic rings. The van der Waals surface area contributed by atoms with E-state index in [4.69, 9.17) is 0 Å². The van der Waals surface area contributed by atoms with Gasteiger partial charge in [-0.3, -0.25) is 0 Å². The minimum Gasteiger partial charge on any atom is -0.310 e. The zero-order valence-corrected chi connectivity index (χ0v) is 7.43. The molecule has 0 amide bonds. The molecular formula is C10H10F3N. The van der Waals surface area contributed by atoms with Crippen molar-refractivity contribution >= 4 is 0 Å². The molecule has 1 aliphatic heterocycles. The lowest BCUT2D eigenvalue weighted by Crippen LogP contribution is -2.36. The molecule has 0 spiro atoms. The molecule has 0 unspecified atom stereocenters. The molecule has 1 heterocycles. The van der Waals surface area contributed by atoms with Crippen molar-refractivity contribution in [3.63, 3.8) is 0 Å². The summed E-state index contributed by atoms with van der Waals surface area (Å²) >= 11 is 0. The van der Waals surface area contributed by atoms with Gasteiger partial charge in [-0.05, 0) is 24.6 Å². The quantitative estimate of drug-likeness (QED) is 0.736. The summed E-state index contributed by atoms with van der Waals surface area (Å²) in [5, 5.41) is 2.97. The molecule has 0 radical (unpaired) electrons. The maximum absolute atomic E-state index is 12.5. The van der Waals surface area contributed by atoms with Crippen LogP contribution in [0, 0.1) is 0 Å². The smallest absolute Gasteiger partial charge is 0.310 e. The Balaban J connectivity index is 2.38. The Morgan fingerprint density at radius 1 is 1.21 bits per heavy atom. The molecule has 1 fully saturated rings. The molecule has 14 heavy (non-hydrogen) atoms. The Morgan fingerprint density at radius 2 is 1.86 bits per heavy atom. The number of nitrogens with one attached hydrogen (secondary N) is 1. The van der Waals surface area contributed by atoms with E-state index in [0.29, 0.717) is 5.56 Å². The molecule has 0 bridgehead atoms. The predicted octanol–water partition coefficient (Wildman–Crippen LogP) is 2.74. The molecule has 4 heteroatoms. The van der Waals surface area contributed by atoms with Crippen molar-refractivity contribution in [2.45, 2.75) is 18.6 Å². The topological polar surface area (TPSA) is 12.0 Å².